The van der Waals surface area contributed by atoms with E-state index in [-0.39, 0.29) is 11.5 Å². The van der Waals surface area contributed by atoms with Crippen molar-refractivity contribution >= 4 is 21.7 Å². The van der Waals surface area contributed by atoms with Crippen LogP contribution in [0.3, 0.4) is 0 Å². The molecule has 0 aliphatic carbocycles. The SMILES string of the molecule is O=c1c(O)c(-c2ccccc2)oc2cc3ccccc3cc12. The van der Waals surface area contributed by atoms with E-state index in [0.29, 0.717) is 16.5 Å². The molecule has 0 radical (unpaired) electrons. The average Bonchev–Trinajstić information content (AvgIpc) is 2.57. The highest BCUT2D eigenvalue weighted by Gasteiger charge is 2.15. The molecule has 0 amide bonds. The molecule has 0 aliphatic rings. The Labute approximate surface area is 126 Å². The van der Waals surface area contributed by atoms with Crippen molar-refractivity contribution in [2.45, 2.75) is 0 Å². The molecule has 3 nitrogen and oxygen atoms in total. The van der Waals surface area contributed by atoms with Crippen LogP contribution in [0.5, 0.6) is 5.75 Å². The highest BCUT2D eigenvalue weighted by molar-refractivity contribution is 5.96. The zero-order valence-corrected chi connectivity index (χ0v) is 11.6. The van der Waals surface area contributed by atoms with Crippen LogP contribution in [0.1, 0.15) is 0 Å². The highest BCUT2D eigenvalue weighted by atomic mass is 16.4. The molecule has 0 bridgehead atoms. The van der Waals surface area contributed by atoms with E-state index in [1.165, 1.54) is 0 Å². The van der Waals surface area contributed by atoms with Crippen molar-refractivity contribution in [1.82, 2.24) is 0 Å². The van der Waals surface area contributed by atoms with Gasteiger partial charge >= 0.3 is 0 Å². The molecular formula is C19H12O3. The maximum Gasteiger partial charge on any atom is 0.235 e. The Bertz CT molecular complexity index is 1050. The molecule has 3 aromatic carbocycles. The van der Waals surface area contributed by atoms with Crippen molar-refractivity contribution < 1.29 is 9.52 Å². The quantitative estimate of drug-likeness (QED) is 0.531. The lowest BCUT2D eigenvalue weighted by atomic mass is 10.1. The van der Waals surface area contributed by atoms with Gasteiger partial charge in [-0.3, -0.25) is 4.79 Å². The van der Waals surface area contributed by atoms with Crippen molar-refractivity contribution in [3.63, 3.8) is 0 Å². The molecule has 4 rings (SSSR count). The van der Waals surface area contributed by atoms with Gasteiger partial charge in [-0.2, -0.15) is 0 Å². The Morgan fingerprint density at radius 2 is 1.45 bits per heavy atom. The minimum absolute atomic E-state index is 0.202. The number of fused-ring (bicyclic) bond motifs is 2. The maximum absolute atomic E-state index is 12.5. The Kier molecular flexibility index (Phi) is 2.73. The summed E-state index contributed by atoms with van der Waals surface area (Å²) in [5, 5.41) is 12.5. The molecule has 0 saturated carbocycles. The van der Waals surface area contributed by atoms with Gasteiger partial charge in [0.2, 0.25) is 11.2 Å². The molecule has 4 aromatic rings. The lowest BCUT2D eigenvalue weighted by Crippen LogP contribution is -2.02. The summed E-state index contributed by atoms with van der Waals surface area (Å²) in [6.45, 7) is 0. The summed E-state index contributed by atoms with van der Waals surface area (Å²) in [5.41, 5.74) is 0.735. The predicted octanol–water partition coefficient (Wildman–Crippen LogP) is 4.32. The standard InChI is InChI=1S/C19H12O3/c20-17-15-10-13-8-4-5-9-14(13)11-16(15)22-19(18(17)21)12-6-2-1-3-7-12/h1-11,21H. The summed E-state index contributed by atoms with van der Waals surface area (Å²) in [5.74, 6) is -0.151. The van der Waals surface area contributed by atoms with Crippen LogP contribution in [0.15, 0.2) is 75.9 Å². The van der Waals surface area contributed by atoms with Crippen LogP contribution in [0.4, 0.5) is 0 Å². The van der Waals surface area contributed by atoms with E-state index in [0.717, 1.165) is 10.8 Å². The summed E-state index contributed by atoms with van der Waals surface area (Å²) in [6, 6.07) is 20.4. The van der Waals surface area contributed by atoms with E-state index in [1.54, 1.807) is 18.2 Å². The fourth-order valence-electron chi connectivity index (χ4n) is 2.66. The summed E-state index contributed by atoms with van der Waals surface area (Å²) < 4.78 is 5.82. The molecule has 0 spiro atoms. The van der Waals surface area contributed by atoms with Crippen molar-refractivity contribution in [3.8, 4) is 17.1 Å². The number of hydrogen-bond acceptors (Lipinski definition) is 3. The first-order valence-electron chi connectivity index (χ1n) is 6.98. The fourth-order valence-corrected chi connectivity index (χ4v) is 2.66. The van der Waals surface area contributed by atoms with Crippen LogP contribution in [0.25, 0.3) is 33.1 Å². The Balaban J connectivity index is 2.11. The van der Waals surface area contributed by atoms with Crippen LogP contribution < -0.4 is 5.43 Å². The van der Waals surface area contributed by atoms with Gasteiger partial charge in [0, 0.05) is 5.56 Å². The molecule has 1 aromatic heterocycles. The van der Waals surface area contributed by atoms with Crippen LogP contribution in [0.2, 0.25) is 0 Å². The van der Waals surface area contributed by atoms with Gasteiger partial charge < -0.3 is 9.52 Å². The molecule has 0 fully saturated rings. The van der Waals surface area contributed by atoms with Gasteiger partial charge in [0.15, 0.2) is 5.76 Å². The molecule has 1 heterocycles. The van der Waals surface area contributed by atoms with Gasteiger partial charge in [0.05, 0.1) is 5.39 Å². The number of benzene rings is 3. The minimum atomic E-state index is -0.411. The normalized spacial score (nSPS) is 11.1. The van der Waals surface area contributed by atoms with Gasteiger partial charge in [-0.25, -0.2) is 0 Å². The molecule has 0 unspecified atom stereocenters. The molecule has 0 aliphatic heterocycles. The van der Waals surface area contributed by atoms with E-state index >= 15 is 0 Å². The van der Waals surface area contributed by atoms with Crippen LogP contribution in [0, 0.1) is 0 Å². The van der Waals surface area contributed by atoms with Crippen molar-refractivity contribution in [1.29, 1.82) is 0 Å². The molecule has 0 saturated heterocycles. The lowest BCUT2D eigenvalue weighted by Gasteiger charge is -2.07. The second kappa shape index (κ2) is 4.74. The summed E-state index contributed by atoms with van der Waals surface area (Å²) in [4.78, 5) is 12.5. The minimum Gasteiger partial charge on any atom is -0.502 e. The third-order valence-electron chi connectivity index (χ3n) is 3.77. The fraction of sp³-hybridized carbons (Fsp3) is 0. The number of hydrogen-bond donors (Lipinski definition) is 1. The second-order valence-corrected chi connectivity index (χ2v) is 5.17. The van der Waals surface area contributed by atoms with E-state index < -0.39 is 5.43 Å². The summed E-state index contributed by atoms with van der Waals surface area (Å²) in [7, 11) is 0. The van der Waals surface area contributed by atoms with Gasteiger partial charge in [-0.05, 0) is 22.9 Å². The van der Waals surface area contributed by atoms with Crippen LogP contribution >= 0.6 is 0 Å². The van der Waals surface area contributed by atoms with Gasteiger partial charge in [0.1, 0.15) is 5.58 Å². The largest absolute Gasteiger partial charge is 0.502 e. The first-order valence-corrected chi connectivity index (χ1v) is 6.98. The van der Waals surface area contributed by atoms with Crippen LogP contribution in [-0.4, -0.2) is 5.11 Å². The Morgan fingerprint density at radius 1 is 0.818 bits per heavy atom. The Hall–Kier alpha value is -3.07. The molecule has 0 atom stereocenters. The van der Waals surface area contributed by atoms with Crippen molar-refractivity contribution in [3.05, 3.63) is 77.0 Å². The molecule has 1 N–H and O–H groups in total. The van der Waals surface area contributed by atoms with Crippen LogP contribution in [-0.2, 0) is 0 Å². The molecular weight excluding hydrogens is 276 g/mol. The lowest BCUT2D eigenvalue weighted by molar-refractivity contribution is 0.449. The second-order valence-electron chi connectivity index (χ2n) is 5.17. The van der Waals surface area contributed by atoms with Crippen molar-refractivity contribution in [2.24, 2.45) is 0 Å². The first-order chi connectivity index (χ1) is 10.7. The smallest absolute Gasteiger partial charge is 0.235 e. The maximum atomic E-state index is 12.5. The average molecular weight is 288 g/mol. The third kappa shape index (κ3) is 1.87. The molecule has 3 heteroatoms. The van der Waals surface area contributed by atoms with Crippen molar-refractivity contribution in [2.75, 3.05) is 0 Å². The molecule has 22 heavy (non-hydrogen) atoms. The van der Waals surface area contributed by atoms with E-state index in [9.17, 15) is 9.90 Å². The summed E-state index contributed by atoms with van der Waals surface area (Å²) in [6.07, 6.45) is 0. The Morgan fingerprint density at radius 3 is 2.18 bits per heavy atom. The topological polar surface area (TPSA) is 50.4 Å². The number of rotatable bonds is 1. The van der Waals surface area contributed by atoms with Gasteiger partial charge in [-0.15, -0.1) is 0 Å². The third-order valence-corrected chi connectivity index (χ3v) is 3.77. The van der Waals surface area contributed by atoms with Gasteiger partial charge in [-0.1, -0.05) is 54.6 Å². The number of aromatic hydroxyl groups is 1. The predicted molar refractivity (Wildman–Crippen MR) is 87.1 cm³/mol. The highest BCUT2D eigenvalue weighted by Crippen LogP contribution is 2.31. The van der Waals surface area contributed by atoms with Gasteiger partial charge in [0.25, 0.3) is 0 Å². The summed E-state index contributed by atoms with van der Waals surface area (Å²) >= 11 is 0. The first kappa shape index (κ1) is 12.7. The monoisotopic (exact) mass is 288 g/mol. The van der Waals surface area contributed by atoms with E-state index in [1.807, 2.05) is 48.5 Å². The zero-order chi connectivity index (χ0) is 15.1. The molecule has 106 valence electrons. The van der Waals surface area contributed by atoms with E-state index in [2.05, 4.69) is 0 Å². The zero-order valence-electron chi connectivity index (χ0n) is 11.6. The van der Waals surface area contributed by atoms with E-state index in [4.69, 9.17) is 4.42 Å².